The smallest absolute Gasteiger partial charge is 0.212 e. The number of hydrogen-bond donors (Lipinski definition) is 2. The highest BCUT2D eigenvalue weighted by atomic mass is 127. The average Bonchev–Trinajstić information content (AvgIpc) is 2.50. The number of pyridine rings is 1. The summed E-state index contributed by atoms with van der Waals surface area (Å²) in [5.41, 5.74) is 4.31. The molecule has 0 amide bonds. The summed E-state index contributed by atoms with van der Waals surface area (Å²) < 4.78 is 2.13. The highest BCUT2D eigenvalue weighted by Crippen LogP contribution is 2.25. The van der Waals surface area contributed by atoms with Gasteiger partial charge in [0.2, 0.25) is 11.2 Å². The van der Waals surface area contributed by atoms with E-state index >= 15 is 0 Å². The van der Waals surface area contributed by atoms with Crippen LogP contribution in [-0.2, 0) is 7.05 Å². The second-order valence-corrected chi connectivity index (χ2v) is 5.46. The largest absolute Gasteiger partial charge is 1.00 e. The molecule has 0 bridgehead atoms. The van der Waals surface area contributed by atoms with E-state index in [0.29, 0.717) is 0 Å². The van der Waals surface area contributed by atoms with E-state index in [1.165, 1.54) is 28.6 Å². The summed E-state index contributed by atoms with van der Waals surface area (Å²) in [6.45, 7) is 2.09. The van der Waals surface area contributed by atoms with E-state index < -0.39 is 0 Å². The van der Waals surface area contributed by atoms with Crippen molar-refractivity contribution in [3.05, 3.63) is 65.4 Å². The Labute approximate surface area is 152 Å². The number of benzene rings is 2. The molecule has 0 unspecified atom stereocenters. The Bertz CT molecular complexity index is 888. The summed E-state index contributed by atoms with van der Waals surface area (Å²) in [6, 6.07) is 15.3. The Morgan fingerprint density at radius 1 is 0.870 bits per heavy atom. The Kier molecular flexibility index (Phi) is 5.26. The minimum Gasteiger partial charge on any atom is -1.00 e. The van der Waals surface area contributed by atoms with Crippen molar-refractivity contribution in [3.8, 4) is 11.5 Å². The van der Waals surface area contributed by atoms with E-state index in [1.807, 2.05) is 19.2 Å². The Morgan fingerprint density at radius 3 is 2.39 bits per heavy atom. The SMILES string of the molecule is Cc1ccc2c(ccc(/C=C/c3ccc(O)c(O)c3)[n+]2C)c1.[I-]. The van der Waals surface area contributed by atoms with Crippen molar-refractivity contribution in [2.45, 2.75) is 6.92 Å². The molecule has 0 radical (unpaired) electrons. The van der Waals surface area contributed by atoms with Gasteiger partial charge in [-0.1, -0.05) is 17.7 Å². The summed E-state index contributed by atoms with van der Waals surface area (Å²) in [7, 11) is 2.03. The van der Waals surface area contributed by atoms with E-state index in [9.17, 15) is 10.2 Å². The first-order valence-electron chi connectivity index (χ1n) is 7.14. The fourth-order valence-electron chi connectivity index (χ4n) is 2.53. The normalized spacial score (nSPS) is 10.9. The van der Waals surface area contributed by atoms with Crippen LogP contribution in [0.3, 0.4) is 0 Å². The maximum Gasteiger partial charge on any atom is 0.212 e. The number of aryl methyl sites for hydroxylation is 2. The quantitative estimate of drug-likeness (QED) is 0.362. The number of aromatic hydroxyl groups is 2. The maximum atomic E-state index is 9.53. The van der Waals surface area contributed by atoms with Crippen LogP contribution >= 0.6 is 0 Å². The zero-order valence-electron chi connectivity index (χ0n) is 13.0. The standard InChI is InChI=1S/C19H17NO2.HI/c1-13-3-9-17-15(11-13)6-8-16(20(17)2)7-4-14-5-10-18(21)19(22)12-14;/h3-12,22H,1-2H3;1H. The van der Waals surface area contributed by atoms with Gasteiger partial charge < -0.3 is 34.2 Å². The number of hydrogen-bond acceptors (Lipinski definition) is 2. The van der Waals surface area contributed by atoms with Crippen LogP contribution in [0, 0.1) is 6.92 Å². The molecule has 0 saturated carbocycles. The number of phenols is 2. The van der Waals surface area contributed by atoms with Crippen LogP contribution in [0.2, 0.25) is 0 Å². The molecule has 23 heavy (non-hydrogen) atoms. The van der Waals surface area contributed by atoms with Crippen LogP contribution < -0.4 is 28.5 Å². The summed E-state index contributed by atoms with van der Waals surface area (Å²) in [5.74, 6) is -0.218. The minimum atomic E-state index is -0.111. The third kappa shape index (κ3) is 3.64. The number of nitrogens with zero attached hydrogens (tertiary/aromatic N) is 1. The van der Waals surface area contributed by atoms with Gasteiger partial charge in [-0.25, -0.2) is 0 Å². The Morgan fingerprint density at radius 2 is 1.65 bits per heavy atom. The molecule has 2 N–H and O–H groups in total. The highest BCUT2D eigenvalue weighted by Gasteiger charge is 2.09. The third-order valence-electron chi connectivity index (χ3n) is 3.81. The zero-order chi connectivity index (χ0) is 15.7. The monoisotopic (exact) mass is 419 g/mol. The van der Waals surface area contributed by atoms with Gasteiger partial charge >= 0.3 is 0 Å². The lowest BCUT2D eigenvalue weighted by Gasteiger charge is -2.02. The fraction of sp³-hybridized carbons (Fsp3) is 0.105. The molecule has 1 aromatic heterocycles. The molecule has 0 aliphatic carbocycles. The van der Waals surface area contributed by atoms with Gasteiger partial charge in [0.15, 0.2) is 11.5 Å². The Hall–Kier alpha value is -2.08. The lowest BCUT2D eigenvalue weighted by atomic mass is 10.1. The van der Waals surface area contributed by atoms with Gasteiger partial charge in [-0.05, 0) is 42.8 Å². The molecule has 0 atom stereocenters. The van der Waals surface area contributed by atoms with Crippen molar-refractivity contribution in [2.24, 2.45) is 7.05 Å². The van der Waals surface area contributed by atoms with Gasteiger partial charge in [-0.2, -0.15) is 4.57 Å². The van der Waals surface area contributed by atoms with Crippen molar-refractivity contribution < 1.29 is 38.8 Å². The molecule has 3 rings (SSSR count). The van der Waals surface area contributed by atoms with Crippen LogP contribution in [-0.4, -0.2) is 10.2 Å². The number of halogens is 1. The highest BCUT2D eigenvalue weighted by molar-refractivity contribution is 5.78. The predicted octanol–water partition coefficient (Wildman–Crippen LogP) is 0.558. The van der Waals surface area contributed by atoms with E-state index in [1.54, 1.807) is 6.07 Å². The molecule has 3 nitrogen and oxygen atoms in total. The molecule has 0 fully saturated rings. The molecule has 4 heteroatoms. The van der Waals surface area contributed by atoms with Crippen LogP contribution in [0.1, 0.15) is 16.8 Å². The van der Waals surface area contributed by atoms with Gasteiger partial charge in [-0.3, -0.25) is 0 Å². The lowest BCUT2D eigenvalue weighted by Crippen LogP contribution is -3.00. The molecular weight excluding hydrogens is 401 g/mol. The van der Waals surface area contributed by atoms with Crippen LogP contribution in [0.25, 0.3) is 23.1 Å². The third-order valence-corrected chi connectivity index (χ3v) is 3.81. The molecule has 0 aliphatic rings. The zero-order valence-corrected chi connectivity index (χ0v) is 15.2. The first kappa shape index (κ1) is 17.3. The summed E-state index contributed by atoms with van der Waals surface area (Å²) >= 11 is 0. The minimum absolute atomic E-state index is 0. The van der Waals surface area contributed by atoms with E-state index in [2.05, 4.69) is 41.8 Å². The number of phenolic OH excluding ortho intramolecular Hbond substituents is 2. The average molecular weight is 419 g/mol. The molecule has 118 valence electrons. The predicted molar refractivity (Wildman–Crippen MR) is 88.6 cm³/mol. The van der Waals surface area contributed by atoms with Crippen LogP contribution in [0.5, 0.6) is 11.5 Å². The maximum absolute atomic E-state index is 9.53. The lowest BCUT2D eigenvalue weighted by molar-refractivity contribution is -0.646. The van der Waals surface area contributed by atoms with E-state index in [4.69, 9.17) is 0 Å². The van der Waals surface area contributed by atoms with Crippen LogP contribution in [0.4, 0.5) is 0 Å². The molecule has 2 aromatic carbocycles. The first-order chi connectivity index (χ1) is 10.5. The van der Waals surface area contributed by atoms with Gasteiger partial charge in [0.1, 0.15) is 7.05 Å². The topological polar surface area (TPSA) is 44.3 Å². The molecule has 0 saturated heterocycles. The second kappa shape index (κ2) is 7.00. The van der Waals surface area contributed by atoms with Crippen molar-refractivity contribution in [1.29, 1.82) is 0 Å². The molecule has 0 spiro atoms. The number of fused-ring (bicyclic) bond motifs is 1. The Balaban J connectivity index is 0.00000192. The molecule has 0 aliphatic heterocycles. The van der Waals surface area contributed by atoms with Crippen molar-refractivity contribution in [2.75, 3.05) is 0 Å². The van der Waals surface area contributed by atoms with Crippen molar-refractivity contribution in [1.82, 2.24) is 0 Å². The molecular formula is C19H18INO2. The number of rotatable bonds is 2. The molecule has 1 heterocycles. The van der Waals surface area contributed by atoms with Gasteiger partial charge in [-0.15, -0.1) is 0 Å². The van der Waals surface area contributed by atoms with E-state index in [0.717, 1.165) is 11.3 Å². The van der Waals surface area contributed by atoms with Crippen LogP contribution in [0.15, 0.2) is 48.5 Å². The number of aromatic nitrogens is 1. The summed E-state index contributed by atoms with van der Waals surface area (Å²) in [4.78, 5) is 0. The summed E-state index contributed by atoms with van der Waals surface area (Å²) in [6.07, 6.45) is 3.90. The first-order valence-corrected chi connectivity index (χ1v) is 7.14. The van der Waals surface area contributed by atoms with Gasteiger partial charge in [0.25, 0.3) is 0 Å². The van der Waals surface area contributed by atoms with Gasteiger partial charge in [0, 0.05) is 23.6 Å². The van der Waals surface area contributed by atoms with E-state index in [-0.39, 0.29) is 35.5 Å². The van der Waals surface area contributed by atoms with Crippen molar-refractivity contribution >= 4 is 23.1 Å². The summed E-state index contributed by atoms with van der Waals surface area (Å²) in [5, 5.41) is 20.1. The second-order valence-electron chi connectivity index (χ2n) is 5.46. The molecule has 3 aromatic rings. The van der Waals surface area contributed by atoms with Crippen molar-refractivity contribution in [3.63, 3.8) is 0 Å². The fourth-order valence-corrected chi connectivity index (χ4v) is 2.53. The van der Waals surface area contributed by atoms with Gasteiger partial charge in [0.05, 0.1) is 0 Å².